The molecule has 0 aromatic heterocycles. The molecule has 228 valence electrons. The molecule has 2 aromatic rings. The van der Waals surface area contributed by atoms with Crippen molar-refractivity contribution in [3.05, 3.63) is 57.6 Å². The lowest BCUT2D eigenvalue weighted by atomic mass is 9.77. The van der Waals surface area contributed by atoms with E-state index >= 15 is 0 Å². The van der Waals surface area contributed by atoms with Gasteiger partial charge in [-0.1, -0.05) is 83.1 Å². The summed E-state index contributed by atoms with van der Waals surface area (Å²) in [4.78, 5) is 12.0. The van der Waals surface area contributed by atoms with E-state index in [1.807, 2.05) is 12.1 Å². The van der Waals surface area contributed by atoms with Gasteiger partial charge in [-0.3, -0.25) is 0 Å². The van der Waals surface area contributed by atoms with Crippen molar-refractivity contribution in [2.24, 2.45) is 0 Å². The first-order chi connectivity index (χ1) is 18.6. The molecule has 1 spiro atoms. The Kier molecular flexibility index (Phi) is 8.19. The average molecular weight is 569 g/mol. The first-order valence-corrected chi connectivity index (χ1v) is 15.0. The first kappa shape index (κ1) is 31.8. The van der Waals surface area contributed by atoms with E-state index in [4.69, 9.17) is 19.2 Å². The van der Waals surface area contributed by atoms with Crippen LogP contribution < -0.4 is 0 Å². The summed E-state index contributed by atoms with van der Waals surface area (Å²) in [6.07, 6.45) is 0.668. The molecule has 6 heteroatoms. The molecule has 2 aliphatic rings. The summed E-state index contributed by atoms with van der Waals surface area (Å²) in [5.41, 5.74) is 3.90. The number of benzene rings is 2. The highest BCUT2D eigenvalue weighted by Gasteiger charge is 2.45. The predicted molar refractivity (Wildman–Crippen MR) is 163 cm³/mol. The second kappa shape index (κ2) is 10.6. The third kappa shape index (κ3) is 6.61. The summed E-state index contributed by atoms with van der Waals surface area (Å²) in [5.74, 6) is 0.704. The molecule has 4 rings (SSSR count). The standard InChI is InChI=1S/C35H52O6/c1-31(2,3)23-15-21(16-24(28(23)36)32(4,5)6)27-13-14-35(19-38-27)20-39-30(40-41-35)22-17-25(33(7,8)9)29(37)26(18-22)34(10,11)12/h15-18,27,30,36-37H,13-14,19-20H2,1-12H3. The fraction of sp³-hybridized carbons (Fsp3) is 0.657. The topological polar surface area (TPSA) is 77.4 Å². The van der Waals surface area contributed by atoms with Gasteiger partial charge in [0, 0.05) is 5.56 Å². The highest BCUT2D eigenvalue weighted by molar-refractivity contribution is 5.51. The van der Waals surface area contributed by atoms with E-state index in [1.165, 1.54) is 0 Å². The van der Waals surface area contributed by atoms with Crippen LogP contribution in [0.1, 0.15) is 142 Å². The Hall–Kier alpha value is -2.12. The van der Waals surface area contributed by atoms with E-state index < -0.39 is 11.9 Å². The van der Waals surface area contributed by atoms with E-state index in [0.717, 1.165) is 46.2 Å². The van der Waals surface area contributed by atoms with Crippen molar-refractivity contribution in [1.29, 1.82) is 0 Å². The summed E-state index contributed by atoms with van der Waals surface area (Å²) >= 11 is 0. The molecule has 0 radical (unpaired) electrons. The van der Waals surface area contributed by atoms with Gasteiger partial charge < -0.3 is 19.7 Å². The van der Waals surface area contributed by atoms with Crippen molar-refractivity contribution in [1.82, 2.24) is 0 Å². The van der Waals surface area contributed by atoms with Gasteiger partial charge in [-0.25, -0.2) is 4.89 Å². The highest BCUT2D eigenvalue weighted by Crippen LogP contribution is 2.46. The van der Waals surface area contributed by atoms with Gasteiger partial charge in [0.25, 0.3) is 0 Å². The SMILES string of the molecule is CC(C)(C)c1cc(C2CCC3(CO2)COC(c2cc(C(C)(C)C)c(O)c(C(C)(C)C)c2)OO3)cc(C(C)(C)C)c1O. The Labute approximate surface area is 247 Å². The summed E-state index contributed by atoms with van der Waals surface area (Å²) in [6, 6.07) is 8.13. The molecule has 2 saturated heterocycles. The zero-order valence-electron chi connectivity index (χ0n) is 27.3. The van der Waals surface area contributed by atoms with Gasteiger partial charge in [0.2, 0.25) is 6.29 Å². The summed E-state index contributed by atoms with van der Waals surface area (Å²) in [7, 11) is 0. The molecule has 3 unspecified atom stereocenters. The van der Waals surface area contributed by atoms with E-state index in [-0.39, 0.29) is 27.8 Å². The van der Waals surface area contributed by atoms with Crippen LogP contribution in [0.2, 0.25) is 0 Å². The molecule has 0 bridgehead atoms. The zero-order chi connectivity index (χ0) is 30.8. The van der Waals surface area contributed by atoms with Crippen LogP contribution in [0.25, 0.3) is 0 Å². The molecule has 0 amide bonds. The van der Waals surface area contributed by atoms with E-state index in [2.05, 4.69) is 95.2 Å². The number of hydrogen-bond acceptors (Lipinski definition) is 6. The Morgan fingerprint density at radius 2 is 1.00 bits per heavy atom. The van der Waals surface area contributed by atoms with Crippen molar-refractivity contribution >= 4 is 0 Å². The quantitative estimate of drug-likeness (QED) is 0.354. The average Bonchev–Trinajstić information content (AvgIpc) is 2.83. The molecule has 2 aromatic carbocycles. The number of hydrogen-bond donors (Lipinski definition) is 2. The molecule has 2 N–H and O–H groups in total. The van der Waals surface area contributed by atoms with Crippen LogP contribution in [-0.4, -0.2) is 29.0 Å². The smallest absolute Gasteiger partial charge is 0.217 e. The number of phenols is 2. The third-order valence-corrected chi connectivity index (χ3v) is 8.36. The van der Waals surface area contributed by atoms with Gasteiger partial charge in [0.15, 0.2) is 5.60 Å². The van der Waals surface area contributed by atoms with Crippen LogP contribution in [-0.2, 0) is 40.9 Å². The maximum Gasteiger partial charge on any atom is 0.217 e. The Morgan fingerprint density at radius 1 is 0.610 bits per heavy atom. The molecular formula is C35H52O6. The third-order valence-electron chi connectivity index (χ3n) is 8.36. The van der Waals surface area contributed by atoms with Crippen LogP contribution in [0.4, 0.5) is 0 Å². The summed E-state index contributed by atoms with van der Waals surface area (Å²) in [6.45, 7) is 26.0. The lowest BCUT2D eigenvalue weighted by molar-refractivity contribution is -0.485. The van der Waals surface area contributed by atoms with Crippen molar-refractivity contribution in [2.45, 2.75) is 136 Å². The van der Waals surface area contributed by atoms with E-state index in [1.54, 1.807) is 0 Å². The highest BCUT2D eigenvalue weighted by atomic mass is 17.2. The summed E-state index contributed by atoms with van der Waals surface area (Å²) in [5, 5.41) is 22.2. The summed E-state index contributed by atoms with van der Waals surface area (Å²) < 4.78 is 12.7. The molecule has 41 heavy (non-hydrogen) atoms. The van der Waals surface area contributed by atoms with Gasteiger partial charge in [0.1, 0.15) is 11.5 Å². The van der Waals surface area contributed by atoms with Crippen molar-refractivity contribution in [2.75, 3.05) is 13.2 Å². The Balaban J connectivity index is 1.52. The van der Waals surface area contributed by atoms with Crippen LogP contribution >= 0.6 is 0 Å². The van der Waals surface area contributed by atoms with Crippen molar-refractivity contribution < 1.29 is 29.5 Å². The minimum atomic E-state index is -0.693. The number of aromatic hydroxyl groups is 2. The minimum Gasteiger partial charge on any atom is -0.507 e. The van der Waals surface area contributed by atoms with Gasteiger partial charge in [0.05, 0.1) is 19.3 Å². The van der Waals surface area contributed by atoms with Crippen LogP contribution in [0.3, 0.4) is 0 Å². The number of ether oxygens (including phenoxy) is 2. The molecule has 0 saturated carbocycles. The molecule has 2 aliphatic heterocycles. The lowest BCUT2D eigenvalue weighted by Crippen LogP contribution is -2.49. The van der Waals surface area contributed by atoms with Crippen LogP contribution in [0.15, 0.2) is 24.3 Å². The maximum absolute atomic E-state index is 11.1. The predicted octanol–water partition coefficient (Wildman–Crippen LogP) is 8.56. The van der Waals surface area contributed by atoms with Crippen molar-refractivity contribution in [3.8, 4) is 11.5 Å². The maximum atomic E-state index is 11.1. The van der Waals surface area contributed by atoms with Gasteiger partial charge in [-0.05, 0) is 86.6 Å². The Bertz CT molecular complexity index is 1080. The molecule has 2 heterocycles. The minimum absolute atomic E-state index is 0.106. The molecule has 0 aliphatic carbocycles. The largest absolute Gasteiger partial charge is 0.507 e. The van der Waals surface area contributed by atoms with Crippen LogP contribution in [0, 0.1) is 0 Å². The molecule has 6 nitrogen and oxygen atoms in total. The second-order valence-electron chi connectivity index (χ2n) is 16.3. The zero-order valence-corrected chi connectivity index (χ0v) is 27.3. The fourth-order valence-corrected chi connectivity index (χ4v) is 5.74. The monoisotopic (exact) mass is 568 g/mol. The van der Waals surface area contributed by atoms with E-state index in [0.29, 0.717) is 24.7 Å². The van der Waals surface area contributed by atoms with Gasteiger partial charge in [-0.15, -0.1) is 0 Å². The first-order valence-electron chi connectivity index (χ1n) is 15.0. The second-order valence-corrected chi connectivity index (χ2v) is 16.3. The number of phenolic OH excluding ortho intramolecular Hbond substituents is 2. The molecule has 3 atom stereocenters. The fourth-order valence-electron chi connectivity index (χ4n) is 5.74. The van der Waals surface area contributed by atoms with Crippen LogP contribution in [0.5, 0.6) is 11.5 Å². The lowest BCUT2D eigenvalue weighted by Gasteiger charge is -2.43. The van der Waals surface area contributed by atoms with Crippen molar-refractivity contribution in [3.63, 3.8) is 0 Å². The van der Waals surface area contributed by atoms with E-state index in [9.17, 15) is 10.2 Å². The number of rotatable bonds is 2. The normalized spacial score (nSPS) is 24.6. The van der Waals surface area contributed by atoms with Gasteiger partial charge in [-0.2, -0.15) is 4.89 Å². The molecular weight excluding hydrogens is 516 g/mol. The van der Waals surface area contributed by atoms with Gasteiger partial charge >= 0.3 is 0 Å². The Morgan fingerprint density at radius 3 is 1.32 bits per heavy atom. The molecule has 2 fully saturated rings.